The fourth-order valence-electron chi connectivity index (χ4n) is 2.10. The van der Waals surface area contributed by atoms with Crippen LogP contribution >= 0.6 is 15.9 Å². The SMILES string of the molecule is CN(CCCC(=O)O)C(=O)/C=C/c1cc(Br)c2c(c1)OCCO2. The van der Waals surface area contributed by atoms with Gasteiger partial charge in [0.1, 0.15) is 13.2 Å². The van der Waals surface area contributed by atoms with Crippen LogP contribution in [0.3, 0.4) is 0 Å². The average molecular weight is 384 g/mol. The number of hydrogen-bond donors (Lipinski definition) is 1. The van der Waals surface area contributed by atoms with Gasteiger partial charge in [0.05, 0.1) is 4.47 Å². The first-order valence-corrected chi connectivity index (χ1v) is 8.01. The van der Waals surface area contributed by atoms with Crippen LogP contribution in [0.4, 0.5) is 0 Å². The van der Waals surface area contributed by atoms with Gasteiger partial charge in [-0.2, -0.15) is 0 Å². The van der Waals surface area contributed by atoms with Crippen LogP contribution in [0.5, 0.6) is 11.5 Å². The number of ether oxygens (including phenoxy) is 2. The molecule has 1 N–H and O–H groups in total. The maximum Gasteiger partial charge on any atom is 0.303 e. The first-order valence-electron chi connectivity index (χ1n) is 7.21. The second-order valence-electron chi connectivity index (χ2n) is 5.12. The van der Waals surface area contributed by atoms with Gasteiger partial charge in [-0.25, -0.2) is 0 Å². The molecule has 0 aliphatic carbocycles. The van der Waals surface area contributed by atoms with E-state index in [-0.39, 0.29) is 12.3 Å². The summed E-state index contributed by atoms with van der Waals surface area (Å²) in [5.41, 5.74) is 0.813. The first-order chi connectivity index (χ1) is 11.0. The van der Waals surface area contributed by atoms with Crippen LogP contribution in [0.2, 0.25) is 0 Å². The Bertz CT molecular complexity index is 629. The van der Waals surface area contributed by atoms with E-state index in [1.807, 2.05) is 12.1 Å². The van der Waals surface area contributed by atoms with Crippen LogP contribution in [0, 0.1) is 0 Å². The lowest BCUT2D eigenvalue weighted by molar-refractivity contribution is -0.137. The second-order valence-corrected chi connectivity index (χ2v) is 5.97. The van der Waals surface area contributed by atoms with Crippen LogP contribution in [-0.4, -0.2) is 48.7 Å². The number of benzene rings is 1. The molecule has 1 heterocycles. The molecular formula is C16H18BrNO5. The molecule has 0 bridgehead atoms. The van der Waals surface area contributed by atoms with Gasteiger partial charge in [-0.1, -0.05) is 0 Å². The van der Waals surface area contributed by atoms with Crippen molar-refractivity contribution in [2.45, 2.75) is 12.8 Å². The molecular weight excluding hydrogens is 366 g/mol. The molecule has 0 unspecified atom stereocenters. The van der Waals surface area contributed by atoms with Crippen LogP contribution in [0.15, 0.2) is 22.7 Å². The van der Waals surface area contributed by atoms with Crippen LogP contribution in [0.25, 0.3) is 6.08 Å². The molecule has 0 spiro atoms. The number of carboxylic acid groups (broad SMARTS) is 1. The van der Waals surface area contributed by atoms with E-state index in [1.165, 1.54) is 11.0 Å². The van der Waals surface area contributed by atoms with E-state index >= 15 is 0 Å². The zero-order valence-corrected chi connectivity index (χ0v) is 14.3. The highest BCUT2D eigenvalue weighted by Crippen LogP contribution is 2.38. The van der Waals surface area contributed by atoms with Gasteiger partial charge in [-0.15, -0.1) is 0 Å². The van der Waals surface area contributed by atoms with Crippen molar-refractivity contribution in [3.63, 3.8) is 0 Å². The third kappa shape index (κ3) is 4.99. The van der Waals surface area contributed by atoms with Crippen molar-refractivity contribution in [3.05, 3.63) is 28.2 Å². The summed E-state index contributed by atoms with van der Waals surface area (Å²) in [5, 5.41) is 8.60. The number of amides is 1. The average Bonchev–Trinajstić information content (AvgIpc) is 2.52. The van der Waals surface area contributed by atoms with E-state index in [4.69, 9.17) is 14.6 Å². The number of rotatable bonds is 6. The molecule has 0 saturated heterocycles. The van der Waals surface area contributed by atoms with Gasteiger partial charge in [-0.05, 0) is 46.1 Å². The Balaban J connectivity index is 1.98. The molecule has 1 aliphatic heterocycles. The molecule has 1 aromatic carbocycles. The molecule has 2 rings (SSSR count). The van der Waals surface area contributed by atoms with Crippen molar-refractivity contribution in [2.24, 2.45) is 0 Å². The van der Waals surface area contributed by atoms with Crippen molar-refractivity contribution in [2.75, 3.05) is 26.8 Å². The lowest BCUT2D eigenvalue weighted by Gasteiger charge is -2.20. The van der Waals surface area contributed by atoms with Gasteiger partial charge in [0.2, 0.25) is 5.91 Å². The monoisotopic (exact) mass is 383 g/mol. The number of aliphatic carboxylic acids is 1. The number of carbonyl (C=O) groups excluding carboxylic acids is 1. The van der Waals surface area contributed by atoms with E-state index in [2.05, 4.69) is 15.9 Å². The van der Waals surface area contributed by atoms with Gasteiger partial charge in [0, 0.05) is 26.1 Å². The standard InChI is InChI=1S/C16H18BrNO5/c1-18(6-2-3-15(20)21)14(19)5-4-11-9-12(17)16-13(10-11)22-7-8-23-16/h4-5,9-10H,2-3,6-8H2,1H3,(H,20,21)/b5-4+. The normalized spacial score (nSPS) is 13.1. The van der Waals surface area contributed by atoms with E-state index in [1.54, 1.807) is 13.1 Å². The maximum atomic E-state index is 12.0. The molecule has 6 nitrogen and oxygen atoms in total. The lowest BCUT2D eigenvalue weighted by Crippen LogP contribution is -2.26. The third-order valence-electron chi connectivity index (χ3n) is 3.30. The number of hydrogen-bond acceptors (Lipinski definition) is 4. The number of carbonyl (C=O) groups is 2. The summed E-state index contributed by atoms with van der Waals surface area (Å²) in [6.07, 6.45) is 3.63. The van der Waals surface area contributed by atoms with Crippen molar-refractivity contribution in [1.82, 2.24) is 4.90 Å². The van der Waals surface area contributed by atoms with Gasteiger partial charge in [0.15, 0.2) is 11.5 Å². The molecule has 23 heavy (non-hydrogen) atoms. The quantitative estimate of drug-likeness (QED) is 0.763. The Kier molecular flexibility index (Phi) is 6.04. The Hall–Kier alpha value is -2.02. The highest BCUT2D eigenvalue weighted by Gasteiger charge is 2.15. The van der Waals surface area contributed by atoms with Crippen molar-refractivity contribution < 1.29 is 24.2 Å². The third-order valence-corrected chi connectivity index (χ3v) is 3.89. The Morgan fingerprint density at radius 3 is 2.83 bits per heavy atom. The minimum Gasteiger partial charge on any atom is -0.486 e. The molecule has 0 saturated carbocycles. The molecule has 1 amide bonds. The molecule has 7 heteroatoms. The molecule has 1 aromatic rings. The molecule has 0 fully saturated rings. The van der Waals surface area contributed by atoms with Gasteiger partial charge >= 0.3 is 5.97 Å². The van der Waals surface area contributed by atoms with E-state index in [9.17, 15) is 9.59 Å². The van der Waals surface area contributed by atoms with Gasteiger partial charge < -0.3 is 19.5 Å². The second kappa shape index (κ2) is 8.01. The minimum atomic E-state index is -0.859. The predicted octanol–water partition coefficient (Wildman–Crippen LogP) is 2.56. The number of halogens is 1. The maximum absolute atomic E-state index is 12.0. The van der Waals surface area contributed by atoms with Crippen molar-refractivity contribution in [1.29, 1.82) is 0 Å². The lowest BCUT2D eigenvalue weighted by atomic mass is 10.1. The Labute approximate surface area is 142 Å². The van der Waals surface area contributed by atoms with E-state index < -0.39 is 5.97 Å². The summed E-state index contributed by atoms with van der Waals surface area (Å²) in [6.45, 7) is 1.42. The summed E-state index contributed by atoms with van der Waals surface area (Å²) in [4.78, 5) is 23.9. The number of carboxylic acids is 1. The zero-order chi connectivity index (χ0) is 16.8. The molecule has 0 atom stereocenters. The summed E-state index contributed by atoms with van der Waals surface area (Å²) >= 11 is 3.43. The Morgan fingerprint density at radius 1 is 1.35 bits per heavy atom. The fourth-order valence-corrected chi connectivity index (χ4v) is 2.67. The summed E-state index contributed by atoms with van der Waals surface area (Å²) in [7, 11) is 1.65. The van der Waals surface area contributed by atoms with Crippen molar-refractivity contribution >= 4 is 33.9 Å². The van der Waals surface area contributed by atoms with E-state index in [0.717, 1.165) is 10.0 Å². The van der Waals surface area contributed by atoms with Crippen LogP contribution < -0.4 is 9.47 Å². The van der Waals surface area contributed by atoms with Crippen LogP contribution in [-0.2, 0) is 9.59 Å². The highest BCUT2D eigenvalue weighted by molar-refractivity contribution is 9.10. The van der Waals surface area contributed by atoms with E-state index in [0.29, 0.717) is 37.7 Å². The minimum absolute atomic E-state index is 0.0520. The highest BCUT2D eigenvalue weighted by atomic mass is 79.9. The molecule has 1 aliphatic rings. The summed E-state index contributed by atoms with van der Waals surface area (Å²) in [6, 6.07) is 3.66. The first kappa shape index (κ1) is 17.3. The summed E-state index contributed by atoms with van der Waals surface area (Å²) < 4.78 is 11.8. The van der Waals surface area contributed by atoms with Gasteiger partial charge in [0.25, 0.3) is 0 Å². The number of nitrogens with zero attached hydrogens (tertiary/aromatic N) is 1. The predicted molar refractivity (Wildman–Crippen MR) is 88.7 cm³/mol. The zero-order valence-electron chi connectivity index (χ0n) is 12.8. The Morgan fingerprint density at radius 2 is 2.09 bits per heavy atom. The molecule has 0 aromatic heterocycles. The molecule has 0 radical (unpaired) electrons. The number of likely N-dealkylation sites (N-methyl/N-ethyl adjacent to an activating group) is 1. The fraction of sp³-hybridized carbons (Fsp3) is 0.375. The van der Waals surface area contributed by atoms with Crippen LogP contribution in [0.1, 0.15) is 18.4 Å². The largest absolute Gasteiger partial charge is 0.486 e. The topological polar surface area (TPSA) is 76.1 Å². The number of fused-ring (bicyclic) bond motifs is 1. The smallest absolute Gasteiger partial charge is 0.303 e. The summed E-state index contributed by atoms with van der Waals surface area (Å²) in [5.74, 6) is 0.280. The van der Waals surface area contributed by atoms with Gasteiger partial charge in [-0.3, -0.25) is 9.59 Å². The molecule has 124 valence electrons. The van der Waals surface area contributed by atoms with Crippen molar-refractivity contribution in [3.8, 4) is 11.5 Å².